The minimum atomic E-state index is -0.157. The Kier molecular flexibility index (Phi) is 7.62. The average molecular weight is 513 g/mol. The quantitative estimate of drug-likeness (QED) is 0.237. The Bertz CT molecular complexity index is 1500. The molecule has 5 rings (SSSR count). The van der Waals surface area contributed by atoms with Crippen LogP contribution in [0.25, 0.3) is 16.7 Å². The maximum absolute atomic E-state index is 12.6. The van der Waals surface area contributed by atoms with Crippen molar-refractivity contribution in [3.8, 4) is 17.2 Å². The Hall–Kier alpha value is -4.36. The summed E-state index contributed by atoms with van der Waals surface area (Å²) in [6.07, 6.45) is 5.92. The van der Waals surface area contributed by atoms with Crippen molar-refractivity contribution in [2.45, 2.75) is 13.0 Å². The second kappa shape index (κ2) is 11.6. The molecule has 0 unspecified atom stereocenters. The Morgan fingerprint density at radius 2 is 1.73 bits per heavy atom. The molecule has 186 valence electrons. The normalized spacial score (nSPS) is 10.8. The summed E-state index contributed by atoms with van der Waals surface area (Å²) in [6, 6.07) is 24.4. The number of nitrogens with zero attached hydrogens (tertiary/aromatic N) is 3. The summed E-state index contributed by atoms with van der Waals surface area (Å²) < 4.78 is 13.6. The lowest BCUT2D eigenvalue weighted by Crippen LogP contribution is -2.22. The predicted octanol–water partition coefficient (Wildman–Crippen LogP) is 5.85. The lowest BCUT2D eigenvalue weighted by molar-refractivity contribution is 0.0951. The highest BCUT2D eigenvalue weighted by Crippen LogP contribution is 2.23. The number of pyridine rings is 1. The number of aromatic nitrogens is 3. The van der Waals surface area contributed by atoms with Crippen LogP contribution in [0.5, 0.6) is 11.5 Å². The standard InChI is InChI=1S/C29H25ClN4O3/c30-23-6-1-8-25(16-23)36-13-4-14-37-26-9-2-7-24(17-26)34-20-33-27-15-22(10-11-28(27)34)29(35)32-19-21-5-3-12-31-18-21/h1-3,5-12,15-18,20H,4,13-14,19H2,(H,32,35). The lowest BCUT2D eigenvalue weighted by Gasteiger charge is -2.10. The van der Waals surface area contributed by atoms with Gasteiger partial charge in [-0.2, -0.15) is 0 Å². The van der Waals surface area contributed by atoms with E-state index in [0.717, 1.165) is 40.2 Å². The maximum atomic E-state index is 12.6. The smallest absolute Gasteiger partial charge is 0.251 e. The van der Waals surface area contributed by atoms with Gasteiger partial charge >= 0.3 is 0 Å². The van der Waals surface area contributed by atoms with Crippen LogP contribution in [0.3, 0.4) is 0 Å². The fourth-order valence-corrected chi connectivity index (χ4v) is 4.05. The molecule has 7 nitrogen and oxygen atoms in total. The van der Waals surface area contributed by atoms with Gasteiger partial charge in [0.2, 0.25) is 0 Å². The molecule has 0 radical (unpaired) electrons. The van der Waals surface area contributed by atoms with E-state index >= 15 is 0 Å². The molecule has 2 aromatic heterocycles. The minimum absolute atomic E-state index is 0.157. The highest BCUT2D eigenvalue weighted by Gasteiger charge is 2.11. The Morgan fingerprint density at radius 1 is 0.919 bits per heavy atom. The van der Waals surface area contributed by atoms with Gasteiger partial charge in [-0.25, -0.2) is 4.98 Å². The van der Waals surface area contributed by atoms with Crippen molar-refractivity contribution in [1.82, 2.24) is 19.9 Å². The van der Waals surface area contributed by atoms with Crippen LogP contribution >= 0.6 is 11.6 Å². The summed E-state index contributed by atoms with van der Waals surface area (Å²) in [5.41, 5.74) is 4.05. The van der Waals surface area contributed by atoms with E-state index < -0.39 is 0 Å². The van der Waals surface area contributed by atoms with Gasteiger partial charge in [0.25, 0.3) is 5.91 Å². The molecule has 0 saturated carbocycles. The Morgan fingerprint density at radius 3 is 2.51 bits per heavy atom. The predicted molar refractivity (Wildman–Crippen MR) is 144 cm³/mol. The van der Waals surface area contributed by atoms with Crippen molar-refractivity contribution in [3.05, 3.63) is 114 Å². The van der Waals surface area contributed by atoms with Crippen molar-refractivity contribution in [2.24, 2.45) is 0 Å². The van der Waals surface area contributed by atoms with Crippen molar-refractivity contribution in [2.75, 3.05) is 13.2 Å². The zero-order valence-electron chi connectivity index (χ0n) is 20.0. The molecule has 0 bridgehead atoms. The highest BCUT2D eigenvalue weighted by atomic mass is 35.5. The van der Waals surface area contributed by atoms with Gasteiger partial charge in [0, 0.05) is 42.0 Å². The third kappa shape index (κ3) is 6.26. The van der Waals surface area contributed by atoms with E-state index in [-0.39, 0.29) is 5.91 Å². The summed E-state index contributed by atoms with van der Waals surface area (Å²) in [4.78, 5) is 21.2. The van der Waals surface area contributed by atoms with Gasteiger partial charge in [-0.05, 0) is 60.2 Å². The van der Waals surface area contributed by atoms with Crippen LogP contribution < -0.4 is 14.8 Å². The number of hydrogen-bond acceptors (Lipinski definition) is 5. The first-order chi connectivity index (χ1) is 18.2. The van der Waals surface area contributed by atoms with Gasteiger partial charge in [-0.1, -0.05) is 29.8 Å². The van der Waals surface area contributed by atoms with E-state index in [4.69, 9.17) is 21.1 Å². The minimum Gasteiger partial charge on any atom is -0.493 e. The van der Waals surface area contributed by atoms with Crippen molar-refractivity contribution in [1.29, 1.82) is 0 Å². The summed E-state index contributed by atoms with van der Waals surface area (Å²) >= 11 is 5.98. The van der Waals surface area contributed by atoms with E-state index in [9.17, 15) is 4.79 Å². The van der Waals surface area contributed by atoms with Crippen molar-refractivity contribution >= 4 is 28.5 Å². The number of ether oxygens (including phenoxy) is 2. The number of rotatable bonds is 10. The second-order valence-corrected chi connectivity index (χ2v) is 8.80. The summed E-state index contributed by atoms with van der Waals surface area (Å²) in [5, 5.41) is 3.57. The summed E-state index contributed by atoms with van der Waals surface area (Å²) in [5.74, 6) is 1.35. The van der Waals surface area contributed by atoms with Crippen LogP contribution in [0.4, 0.5) is 0 Å². The third-order valence-corrected chi connectivity index (χ3v) is 5.94. The molecule has 8 heteroatoms. The molecule has 1 amide bonds. The fraction of sp³-hybridized carbons (Fsp3) is 0.138. The molecule has 37 heavy (non-hydrogen) atoms. The largest absolute Gasteiger partial charge is 0.493 e. The summed E-state index contributed by atoms with van der Waals surface area (Å²) in [6.45, 7) is 1.47. The molecule has 2 heterocycles. The zero-order chi connectivity index (χ0) is 25.5. The molecule has 1 N–H and O–H groups in total. The second-order valence-electron chi connectivity index (χ2n) is 8.37. The van der Waals surface area contributed by atoms with Gasteiger partial charge < -0.3 is 14.8 Å². The third-order valence-electron chi connectivity index (χ3n) is 5.70. The molecular weight excluding hydrogens is 488 g/mol. The lowest BCUT2D eigenvalue weighted by atomic mass is 10.1. The number of benzene rings is 3. The Labute approximate surface area is 219 Å². The average Bonchev–Trinajstić information content (AvgIpc) is 3.36. The van der Waals surface area contributed by atoms with Crippen LogP contribution in [0, 0.1) is 0 Å². The number of carbonyl (C=O) groups is 1. The van der Waals surface area contributed by atoms with Crippen molar-refractivity contribution < 1.29 is 14.3 Å². The van der Waals surface area contributed by atoms with Crippen LogP contribution in [0.1, 0.15) is 22.3 Å². The molecule has 0 aliphatic carbocycles. The van der Waals surface area contributed by atoms with Gasteiger partial charge in [-0.3, -0.25) is 14.3 Å². The van der Waals surface area contributed by atoms with E-state index in [2.05, 4.69) is 15.3 Å². The molecule has 0 fully saturated rings. The summed E-state index contributed by atoms with van der Waals surface area (Å²) in [7, 11) is 0. The van der Waals surface area contributed by atoms with Crippen LogP contribution in [-0.4, -0.2) is 33.7 Å². The first-order valence-electron chi connectivity index (χ1n) is 11.9. The first kappa shape index (κ1) is 24.3. The number of imidazole rings is 1. The molecule has 0 saturated heterocycles. The van der Waals surface area contributed by atoms with Gasteiger partial charge in [0.05, 0.1) is 29.9 Å². The van der Waals surface area contributed by atoms with Crippen LogP contribution in [0.2, 0.25) is 5.02 Å². The van der Waals surface area contributed by atoms with E-state index in [1.165, 1.54) is 0 Å². The molecule has 5 aromatic rings. The van der Waals surface area contributed by atoms with Crippen LogP contribution in [-0.2, 0) is 6.54 Å². The number of fused-ring (bicyclic) bond motifs is 1. The van der Waals surface area contributed by atoms with Gasteiger partial charge in [0.15, 0.2) is 0 Å². The number of hydrogen-bond donors (Lipinski definition) is 1. The van der Waals surface area contributed by atoms with E-state index in [1.54, 1.807) is 36.9 Å². The monoisotopic (exact) mass is 512 g/mol. The van der Waals surface area contributed by atoms with Gasteiger partial charge in [0.1, 0.15) is 17.8 Å². The molecular formula is C29H25ClN4O3. The Balaban J connectivity index is 1.19. The van der Waals surface area contributed by atoms with Crippen molar-refractivity contribution in [3.63, 3.8) is 0 Å². The SMILES string of the molecule is O=C(NCc1cccnc1)c1ccc2c(c1)ncn2-c1cccc(OCCCOc2cccc(Cl)c2)c1. The number of carbonyl (C=O) groups excluding carboxylic acids is 1. The number of amides is 1. The zero-order valence-corrected chi connectivity index (χ0v) is 20.8. The molecule has 0 spiro atoms. The molecule has 0 atom stereocenters. The molecule has 3 aromatic carbocycles. The topological polar surface area (TPSA) is 78.3 Å². The van der Waals surface area contributed by atoms with E-state index in [1.807, 2.05) is 65.2 Å². The van der Waals surface area contributed by atoms with E-state index in [0.29, 0.717) is 30.3 Å². The number of nitrogens with one attached hydrogen (secondary N) is 1. The van der Waals surface area contributed by atoms with Crippen LogP contribution in [0.15, 0.2) is 97.6 Å². The molecule has 0 aliphatic heterocycles. The fourth-order valence-electron chi connectivity index (χ4n) is 3.87. The first-order valence-corrected chi connectivity index (χ1v) is 12.3. The van der Waals surface area contributed by atoms with Gasteiger partial charge in [-0.15, -0.1) is 0 Å². The maximum Gasteiger partial charge on any atom is 0.251 e. The number of halogens is 1. The highest BCUT2D eigenvalue weighted by molar-refractivity contribution is 6.30. The molecule has 0 aliphatic rings.